The topological polar surface area (TPSA) is 46.3 Å². The first-order chi connectivity index (χ1) is 10.4. The van der Waals surface area contributed by atoms with Gasteiger partial charge in [0.25, 0.3) is 0 Å². The molecule has 2 heterocycles. The highest BCUT2D eigenvalue weighted by molar-refractivity contribution is 5.79. The predicted molar refractivity (Wildman–Crippen MR) is 83.1 cm³/mol. The van der Waals surface area contributed by atoms with Crippen LogP contribution in [0.1, 0.15) is 5.56 Å². The van der Waals surface area contributed by atoms with Crippen molar-refractivity contribution >= 4 is 16.6 Å². The molecule has 2 aromatic carbocycles. The molecule has 0 bridgehead atoms. The van der Waals surface area contributed by atoms with E-state index >= 15 is 0 Å². The minimum Gasteiger partial charge on any atom is -0.486 e. The molecule has 0 aliphatic carbocycles. The molecule has 2 N–H and O–H groups in total. The number of hydrogen-bond acceptors (Lipinski definition) is 3. The lowest BCUT2D eigenvalue weighted by Gasteiger charge is -2.19. The van der Waals surface area contributed by atoms with Crippen LogP contribution in [0.25, 0.3) is 10.9 Å². The summed E-state index contributed by atoms with van der Waals surface area (Å²) in [5.41, 5.74) is 3.43. The Morgan fingerprint density at radius 1 is 0.952 bits per heavy atom. The first-order valence-electron chi connectivity index (χ1n) is 7.08. The van der Waals surface area contributed by atoms with Gasteiger partial charge in [-0.15, -0.1) is 0 Å². The lowest BCUT2D eigenvalue weighted by atomic mass is 10.1. The predicted octanol–water partition coefficient (Wildman–Crippen LogP) is 3.55. The average molecular weight is 280 g/mol. The number of rotatable bonds is 3. The van der Waals surface area contributed by atoms with E-state index in [2.05, 4.69) is 34.6 Å². The molecule has 0 fully saturated rings. The van der Waals surface area contributed by atoms with E-state index < -0.39 is 0 Å². The van der Waals surface area contributed by atoms with Crippen LogP contribution in [0.3, 0.4) is 0 Å². The third-order valence-corrected chi connectivity index (χ3v) is 3.66. The molecule has 4 nitrogen and oxygen atoms in total. The Labute approximate surface area is 122 Å². The molecule has 1 aliphatic heterocycles. The highest BCUT2D eigenvalue weighted by Gasteiger charge is 2.11. The van der Waals surface area contributed by atoms with Gasteiger partial charge in [0.15, 0.2) is 11.5 Å². The molecule has 0 saturated carbocycles. The van der Waals surface area contributed by atoms with Gasteiger partial charge in [-0.3, -0.25) is 0 Å². The van der Waals surface area contributed by atoms with Crippen LogP contribution < -0.4 is 14.8 Å². The van der Waals surface area contributed by atoms with Gasteiger partial charge < -0.3 is 19.8 Å². The number of H-pyrrole nitrogens is 1. The second-order valence-electron chi connectivity index (χ2n) is 5.11. The Morgan fingerprint density at radius 3 is 2.81 bits per heavy atom. The van der Waals surface area contributed by atoms with Gasteiger partial charge in [-0.2, -0.15) is 0 Å². The average Bonchev–Trinajstić information content (AvgIpc) is 3.00. The maximum Gasteiger partial charge on any atom is 0.163 e. The number of hydrogen-bond donors (Lipinski definition) is 2. The molecule has 21 heavy (non-hydrogen) atoms. The highest BCUT2D eigenvalue weighted by Crippen LogP contribution is 2.32. The van der Waals surface area contributed by atoms with Crippen LogP contribution in [0.4, 0.5) is 5.69 Å². The van der Waals surface area contributed by atoms with E-state index in [9.17, 15) is 0 Å². The van der Waals surface area contributed by atoms with Crippen LogP contribution >= 0.6 is 0 Å². The van der Waals surface area contributed by atoms with Gasteiger partial charge in [-0.05, 0) is 35.2 Å². The van der Waals surface area contributed by atoms with Crippen molar-refractivity contribution < 1.29 is 9.47 Å². The van der Waals surface area contributed by atoms with Crippen LogP contribution in [0.5, 0.6) is 11.5 Å². The van der Waals surface area contributed by atoms with Crippen molar-refractivity contribution in [3.63, 3.8) is 0 Å². The van der Waals surface area contributed by atoms with Crippen molar-refractivity contribution in [1.29, 1.82) is 0 Å². The van der Waals surface area contributed by atoms with E-state index in [1.54, 1.807) is 0 Å². The fourth-order valence-corrected chi connectivity index (χ4v) is 2.56. The minimum atomic E-state index is 0.611. The molecular weight excluding hydrogens is 264 g/mol. The molecular formula is C17H16N2O2. The van der Waals surface area contributed by atoms with Crippen LogP contribution in [-0.4, -0.2) is 18.2 Å². The second kappa shape index (κ2) is 5.05. The molecule has 1 aliphatic rings. The zero-order valence-electron chi connectivity index (χ0n) is 11.6. The van der Waals surface area contributed by atoms with Crippen molar-refractivity contribution in [1.82, 2.24) is 4.98 Å². The molecule has 0 radical (unpaired) electrons. The zero-order chi connectivity index (χ0) is 14.1. The first-order valence-corrected chi connectivity index (χ1v) is 7.08. The molecule has 106 valence electrons. The number of nitrogens with one attached hydrogen (secondary N) is 2. The number of ether oxygens (including phenoxy) is 2. The highest BCUT2D eigenvalue weighted by atomic mass is 16.6. The SMILES string of the molecule is c1cc2ccc(CNc3ccc4c(c3)OCCO4)cc2[nH]1. The lowest BCUT2D eigenvalue weighted by molar-refractivity contribution is 0.171. The van der Waals surface area contributed by atoms with E-state index in [1.165, 1.54) is 10.9 Å². The zero-order valence-corrected chi connectivity index (χ0v) is 11.6. The standard InChI is InChI=1S/C17H16N2O2/c1-2-13-5-6-18-15(13)9-12(1)11-19-14-3-4-16-17(10-14)21-8-7-20-16/h1-6,9-10,18-19H,7-8,11H2. The summed E-state index contributed by atoms with van der Waals surface area (Å²) in [4.78, 5) is 3.23. The molecule has 0 saturated heterocycles. The van der Waals surface area contributed by atoms with Crippen molar-refractivity contribution in [2.75, 3.05) is 18.5 Å². The summed E-state index contributed by atoms with van der Waals surface area (Å²) in [6.45, 7) is 2.00. The first kappa shape index (κ1) is 12.1. The normalized spacial score (nSPS) is 13.3. The molecule has 0 spiro atoms. The van der Waals surface area contributed by atoms with Crippen LogP contribution in [0.2, 0.25) is 0 Å². The Bertz CT molecular complexity index is 779. The number of benzene rings is 2. The largest absolute Gasteiger partial charge is 0.486 e. The maximum absolute atomic E-state index is 5.59. The Hall–Kier alpha value is -2.62. The van der Waals surface area contributed by atoms with Gasteiger partial charge in [0.05, 0.1) is 0 Å². The number of aromatic amines is 1. The summed E-state index contributed by atoms with van der Waals surface area (Å²) >= 11 is 0. The molecule has 0 unspecified atom stereocenters. The van der Waals surface area contributed by atoms with E-state index in [1.807, 2.05) is 24.4 Å². The van der Waals surface area contributed by atoms with Crippen LogP contribution in [0, 0.1) is 0 Å². The van der Waals surface area contributed by atoms with Gasteiger partial charge in [0.1, 0.15) is 13.2 Å². The lowest BCUT2D eigenvalue weighted by Crippen LogP contribution is -2.15. The van der Waals surface area contributed by atoms with Crippen LogP contribution in [-0.2, 0) is 6.54 Å². The molecule has 4 heteroatoms. The van der Waals surface area contributed by atoms with Gasteiger partial charge in [-0.1, -0.05) is 12.1 Å². The minimum absolute atomic E-state index is 0.611. The van der Waals surface area contributed by atoms with Gasteiger partial charge >= 0.3 is 0 Å². The fourth-order valence-electron chi connectivity index (χ4n) is 2.56. The molecule has 0 atom stereocenters. The summed E-state index contributed by atoms with van der Waals surface area (Å²) in [5.74, 6) is 1.63. The summed E-state index contributed by atoms with van der Waals surface area (Å²) in [6.07, 6.45) is 1.96. The van der Waals surface area contributed by atoms with Crippen molar-refractivity contribution in [2.45, 2.75) is 6.54 Å². The Kier molecular flexibility index (Phi) is 2.92. The number of anilines is 1. The van der Waals surface area contributed by atoms with Gasteiger partial charge in [0, 0.05) is 30.0 Å². The summed E-state index contributed by atoms with van der Waals surface area (Å²) in [7, 11) is 0. The van der Waals surface area contributed by atoms with E-state index in [0.717, 1.165) is 29.2 Å². The maximum atomic E-state index is 5.59. The second-order valence-corrected chi connectivity index (χ2v) is 5.11. The summed E-state index contributed by atoms with van der Waals surface area (Å²) in [6, 6.07) is 14.5. The van der Waals surface area contributed by atoms with Gasteiger partial charge in [-0.25, -0.2) is 0 Å². The summed E-state index contributed by atoms with van der Waals surface area (Å²) < 4.78 is 11.1. The van der Waals surface area contributed by atoms with E-state index in [4.69, 9.17) is 9.47 Å². The molecule has 3 aromatic rings. The van der Waals surface area contributed by atoms with Crippen LogP contribution in [0.15, 0.2) is 48.7 Å². The monoisotopic (exact) mass is 280 g/mol. The number of aromatic nitrogens is 1. The van der Waals surface area contributed by atoms with Crippen molar-refractivity contribution in [3.05, 3.63) is 54.2 Å². The molecule has 0 amide bonds. The quantitative estimate of drug-likeness (QED) is 0.771. The number of fused-ring (bicyclic) bond motifs is 2. The third-order valence-electron chi connectivity index (χ3n) is 3.66. The molecule has 1 aromatic heterocycles. The van der Waals surface area contributed by atoms with E-state index in [0.29, 0.717) is 13.2 Å². The smallest absolute Gasteiger partial charge is 0.163 e. The summed E-state index contributed by atoms with van der Waals surface area (Å²) in [5, 5.41) is 4.65. The Morgan fingerprint density at radius 2 is 1.86 bits per heavy atom. The van der Waals surface area contributed by atoms with Crippen molar-refractivity contribution in [2.24, 2.45) is 0 Å². The molecule has 4 rings (SSSR count). The van der Waals surface area contributed by atoms with Gasteiger partial charge in [0.2, 0.25) is 0 Å². The Balaban J connectivity index is 1.50. The third kappa shape index (κ3) is 2.40. The van der Waals surface area contributed by atoms with E-state index in [-0.39, 0.29) is 0 Å². The fraction of sp³-hybridized carbons (Fsp3) is 0.176. The van der Waals surface area contributed by atoms with Crippen molar-refractivity contribution in [3.8, 4) is 11.5 Å².